The standard InChI is InChI=1S/C28H18N4.C12H10/c1-2-8-24-19(6-1)15-27(26-10-4-3-9-25(24)26)22-12-21(20-7-5-11-29-16-20)13-23(14-22)28-31-17-30-18-32-28;1-3-7-11(8-4-1)12-9-5-2-6-10-12/h1-18H;1-10H. The number of rotatable bonds is 4. The highest BCUT2D eigenvalue weighted by atomic mass is 15.0. The van der Waals surface area contributed by atoms with Crippen molar-refractivity contribution in [2.75, 3.05) is 0 Å². The third-order valence-corrected chi connectivity index (χ3v) is 7.64. The average molecular weight is 565 g/mol. The maximum absolute atomic E-state index is 4.39. The van der Waals surface area contributed by atoms with Crippen LogP contribution < -0.4 is 0 Å². The van der Waals surface area contributed by atoms with Crippen LogP contribution in [0.1, 0.15) is 0 Å². The maximum Gasteiger partial charge on any atom is 0.162 e. The van der Waals surface area contributed by atoms with Gasteiger partial charge in [-0.05, 0) is 79.7 Å². The van der Waals surface area contributed by atoms with E-state index in [1.807, 2.05) is 24.4 Å². The first kappa shape index (κ1) is 26.9. The van der Waals surface area contributed by atoms with Crippen molar-refractivity contribution in [2.24, 2.45) is 0 Å². The fourth-order valence-corrected chi connectivity index (χ4v) is 5.55. The molecule has 0 saturated heterocycles. The third-order valence-electron chi connectivity index (χ3n) is 7.64. The Hall–Kier alpha value is -6.00. The van der Waals surface area contributed by atoms with Crippen LogP contribution >= 0.6 is 0 Å². The number of pyridine rings is 1. The van der Waals surface area contributed by atoms with Crippen molar-refractivity contribution < 1.29 is 0 Å². The van der Waals surface area contributed by atoms with Gasteiger partial charge in [0.15, 0.2) is 5.82 Å². The van der Waals surface area contributed by atoms with Crippen LogP contribution in [0, 0.1) is 0 Å². The highest BCUT2D eigenvalue weighted by Gasteiger charge is 2.13. The summed E-state index contributed by atoms with van der Waals surface area (Å²) in [6.07, 6.45) is 6.74. The summed E-state index contributed by atoms with van der Waals surface area (Å²) in [5.74, 6) is 0.650. The van der Waals surface area contributed by atoms with Gasteiger partial charge in [0, 0.05) is 23.5 Å². The van der Waals surface area contributed by atoms with Crippen LogP contribution in [-0.2, 0) is 0 Å². The van der Waals surface area contributed by atoms with Crippen molar-refractivity contribution in [3.05, 3.63) is 171 Å². The fraction of sp³-hybridized carbons (Fsp3) is 0. The van der Waals surface area contributed by atoms with Gasteiger partial charge in [0.05, 0.1) is 0 Å². The molecule has 8 aromatic rings. The van der Waals surface area contributed by atoms with Gasteiger partial charge in [-0.15, -0.1) is 0 Å². The normalized spacial score (nSPS) is 10.7. The molecule has 0 radical (unpaired) electrons. The summed E-state index contributed by atoms with van der Waals surface area (Å²) in [7, 11) is 0. The summed E-state index contributed by atoms with van der Waals surface area (Å²) in [5, 5.41) is 4.94. The first-order chi connectivity index (χ1) is 21.8. The number of benzene rings is 6. The summed E-state index contributed by atoms with van der Waals surface area (Å²) in [6, 6.07) is 50.7. The molecule has 2 aromatic heterocycles. The summed E-state index contributed by atoms with van der Waals surface area (Å²) < 4.78 is 0. The van der Waals surface area contributed by atoms with Crippen LogP contribution in [0.15, 0.2) is 171 Å². The number of hydrogen-bond donors (Lipinski definition) is 0. The lowest BCUT2D eigenvalue weighted by molar-refractivity contribution is 1.06. The lowest BCUT2D eigenvalue weighted by atomic mass is 9.90. The molecule has 0 bridgehead atoms. The Labute approximate surface area is 256 Å². The van der Waals surface area contributed by atoms with E-state index in [4.69, 9.17) is 0 Å². The summed E-state index contributed by atoms with van der Waals surface area (Å²) in [5.41, 5.74) is 7.92. The zero-order valence-electron chi connectivity index (χ0n) is 24.0. The Kier molecular flexibility index (Phi) is 7.62. The van der Waals surface area contributed by atoms with E-state index in [2.05, 4.69) is 147 Å². The zero-order chi connectivity index (χ0) is 29.6. The second-order valence-corrected chi connectivity index (χ2v) is 10.4. The Bertz CT molecular complexity index is 2050. The van der Waals surface area contributed by atoms with Crippen molar-refractivity contribution in [2.45, 2.75) is 0 Å². The molecule has 4 nitrogen and oxygen atoms in total. The Morgan fingerprint density at radius 3 is 1.61 bits per heavy atom. The largest absolute Gasteiger partial charge is 0.264 e. The lowest BCUT2D eigenvalue weighted by Crippen LogP contribution is -1.92. The number of aromatic nitrogens is 4. The smallest absolute Gasteiger partial charge is 0.162 e. The Balaban J connectivity index is 0.000000218. The highest BCUT2D eigenvalue weighted by molar-refractivity contribution is 6.14. The van der Waals surface area contributed by atoms with Crippen LogP contribution in [0.25, 0.3) is 66.3 Å². The molecule has 0 aliphatic rings. The van der Waals surface area contributed by atoms with E-state index in [0.29, 0.717) is 5.82 Å². The molecule has 0 fully saturated rings. The molecule has 208 valence electrons. The predicted octanol–water partition coefficient (Wildman–Crippen LogP) is 9.93. The number of hydrogen-bond acceptors (Lipinski definition) is 4. The molecule has 0 aliphatic heterocycles. The molecule has 44 heavy (non-hydrogen) atoms. The zero-order valence-corrected chi connectivity index (χ0v) is 24.0. The van der Waals surface area contributed by atoms with Gasteiger partial charge in [-0.25, -0.2) is 15.0 Å². The average Bonchev–Trinajstić information content (AvgIpc) is 3.13. The van der Waals surface area contributed by atoms with Gasteiger partial charge >= 0.3 is 0 Å². The molecule has 4 heteroatoms. The van der Waals surface area contributed by atoms with Gasteiger partial charge in [-0.2, -0.15) is 0 Å². The molecular formula is C40H28N4. The van der Waals surface area contributed by atoms with Gasteiger partial charge in [-0.1, -0.05) is 115 Å². The van der Waals surface area contributed by atoms with E-state index >= 15 is 0 Å². The minimum absolute atomic E-state index is 0.650. The molecule has 8 rings (SSSR count). The van der Waals surface area contributed by atoms with Crippen molar-refractivity contribution in [3.8, 4) is 44.8 Å². The summed E-state index contributed by atoms with van der Waals surface area (Å²) in [6.45, 7) is 0. The second-order valence-electron chi connectivity index (χ2n) is 10.4. The molecular weight excluding hydrogens is 536 g/mol. The van der Waals surface area contributed by atoms with E-state index in [9.17, 15) is 0 Å². The molecule has 0 spiro atoms. The van der Waals surface area contributed by atoms with E-state index in [1.54, 1.807) is 6.20 Å². The van der Waals surface area contributed by atoms with Gasteiger partial charge in [0.25, 0.3) is 0 Å². The number of fused-ring (bicyclic) bond motifs is 3. The summed E-state index contributed by atoms with van der Waals surface area (Å²) in [4.78, 5) is 17.1. The maximum atomic E-state index is 4.39. The molecule has 0 N–H and O–H groups in total. The monoisotopic (exact) mass is 564 g/mol. The molecule has 0 unspecified atom stereocenters. The summed E-state index contributed by atoms with van der Waals surface area (Å²) >= 11 is 0. The predicted molar refractivity (Wildman–Crippen MR) is 181 cm³/mol. The topological polar surface area (TPSA) is 51.6 Å². The Morgan fingerprint density at radius 2 is 0.932 bits per heavy atom. The van der Waals surface area contributed by atoms with Crippen LogP contribution in [0.3, 0.4) is 0 Å². The Morgan fingerprint density at radius 1 is 0.364 bits per heavy atom. The molecule has 6 aromatic carbocycles. The molecule has 0 aliphatic carbocycles. The highest BCUT2D eigenvalue weighted by Crippen LogP contribution is 2.38. The lowest BCUT2D eigenvalue weighted by Gasteiger charge is -2.14. The van der Waals surface area contributed by atoms with Crippen LogP contribution in [-0.4, -0.2) is 19.9 Å². The van der Waals surface area contributed by atoms with Crippen molar-refractivity contribution in [3.63, 3.8) is 0 Å². The van der Waals surface area contributed by atoms with E-state index < -0.39 is 0 Å². The van der Waals surface area contributed by atoms with Crippen molar-refractivity contribution in [1.82, 2.24) is 19.9 Å². The van der Waals surface area contributed by atoms with Gasteiger partial charge < -0.3 is 0 Å². The molecule has 0 saturated carbocycles. The van der Waals surface area contributed by atoms with Gasteiger partial charge in [0.2, 0.25) is 0 Å². The van der Waals surface area contributed by atoms with Gasteiger partial charge in [-0.3, -0.25) is 4.98 Å². The first-order valence-electron chi connectivity index (χ1n) is 14.5. The van der Waals surface area contributed by atoms with Crippen LogP contribution in [0.5, 0.6) is 0 Å². The van der Waals surface area contributed by atoms with Gasteiger partial charge in [0.1, 0.15) is 12.7 Å². The van der Waals surface area contributed by atoms with Crippen molar-refractivity contribution >= 4 is 21.5 Å². The van der Waals surface area contributed by atoms with Crippen molar-refractivity contribution in [1.29, 1.82) is 0 Å². The third kappa shape index (κ3) is 5.69. The minimum Gasteiger partial charge on any atom is -0.264 e. The molecule has 2 heterocycles. The van der Waals surface area contributed by atoms with E-state index in [1.165, 1.54) is 50.9 Å². The van der Waals surface area contributed by atoms with Crippen LogP contribution in [0.4, 0.5) is 0 Å². The molecule has 0 atom stereocenters. The first-order valence-corrected chi connectivity index (χ1v) is 14.5. The SMILES string of the molecule is c1ccc(-c2ccccc2)cc1.c1cncc(-c2cc(-c3ncncn3)cc(-c3cc4ccccc4c4ccccc34)c2)c1. The van der Waals surface area contributed by atoms with E-state index in [-0.39, 0.29) is 0 Å². The number of nitrogens with zero attached hydrogens (tertiary/aromatic N) is 4. The minimum atomic E-state index is 0.650. The second kappa shape index (κ2) is 12.5. The quantitative estimate of drug-likeness (QED) is 0.200. The van der Waals surface area contributed by atoms with Crippen LogP contribution in [0.2, 0.25) is 0 Å². The fourth-order valence-electron chi connectivity index (χ4n) is 5.55. The van der Waals surface area contributed by atoms with E-state index in [0.717, 1.165) is 22.3 Å². The molecule has 0 amide bonds.